The number of amides is 1. The number of halogens is 6. The van der Waals surface area contributed by atoms with Gasteiger partial charge in [0.2, 0.25) is 6.33 Å². The fraction of sp³-hybridized carbons (Fsp3) is 0.154. The van der Waals surface area contributed by atoms with Crippen LogP contribution in [-0.4, -0.2) is 10.5 Å². The fourth-order valence-corrected chi connectivity index (χ4v) is 4.56. The Morgan fingerprint density at radius 3 is 2.32 bits per heavy atom. The lowest BCUT2D eigenvalue weighted by molar-refractivity contribution is -0.683. The summed E-state index contributed by atoms with van der Waals surface area (Å²) in [5, 5.41) is 4.80. The van der Waals surface area contributed by atoms with Gasteiger partial charge in [-0.3, -0.25) is 4.79 Å². The summed E-state index contributed by atoms with van der Waals surface area (Å²) in [5.41, 5.74) is 2.07. The number of imidazole rings is 1. The number of ether oxygens (including phenoxy) is 1. The molecule has 37 heavy (non-hydrogen) atoms. The quantitative estimate of drug-likeness (QED) is 0.293. The lowest BCUT2D eigenvalue weighted by Gasteiger charge is -2.19. The molecule has 1 aromatic heterocycles. The maximum absolute atomic E-state index is 13.1. The highest BCUT2D eigenvalue weighted by Crippen LogP contribution is 2.31. The van der Waals surface area contributed by atoms with Crippen LogP contribution in [0.4, 0.5) is 10.1 Å². The Bertz CT molecular complexity index is 1360. The van der Waals surface area contributed by atoms with Crippen LogP contribution in [0.15, 0.2) is 79.4 Å². The van der Waals surface area contributed by atoms with Gasteiger partial charge in [-0.2, -0.15) is 0 Å². The number of anilines is 1. The maximum Gasteiger partial charge on any atom is 0.266 e. The molecule has 0 saturated carbocycles. The summed E-state index contributed by atoms with van der Waals surface area (Å²) < 4.78 is 22.9. The highest BCUT2D eigenvalue weighted by molar-refractivity contribution is 6.35. The van der Waals surface area contributed by atoms with E-state index in [9.17, 15) is 9.18 Å². The summed E-state index contributed by atoms with van der Waals surface area (Å²) in [6.45, 7) is 0.734. The lowest BCUT2D eigenvalue weighted by Crippen LogP contribution is -3.00. The topological polar surface area (TPSA) is 47.1 Å². The number of hydrogen-bond donors (Lipinski definition) is 1. The first-order valence-electron chi connectivity index (χ1n) is 10.9. The Labute approximate surface area is 240 Å². The van der Waals surface area contributed by atoms with Crippen molar-refractivity contribution >= 4 is 58.0 Å². The molecule has 0 radical (unpaired) electrons. The molecule has 1 unspecified atom stereocenters. The van der Waals surface area contributed by atoms with Crippen molar-refractivity contribution in [2.45, 2.75) is 25.8 Å². The van der Waals surface area contributed by atoms with Crippen LogP contribution in [0.1, 0.15) is 17.2 Å². The zero-order valence-electron chi connectivity index (χ0n) is 19.2. The lowest BCUT2D eigenvalue weighted by atomic mass is 10.1. The molecule has 1 heterocycles. The Morgan fingerprint density at radius 2 is 1.65 bits per heavy atom. The molecule has 3 aromatic carbocycles. The van der Waals surface area contributed by atoms with E-state index in [1.165, 1.54) is 24.3 Å². The molecular weight excluding hydrogens is 583 g/mol. The predicted octanol–water partition coefficient (Wildman–Crippen LogP) is 4.13. The van der Waals surface area contributed by atoms with Crippen molar-refractivity contribution in [1.29, 1.82) is 0 Å². The van der Waals surface area contributed by atoms with Crippen molar-refractivity contribution < 1.29 is 30.9 Å². The number of aromatic nitrogens is 2. The normalized spacial score (nSPS) is 11.6. The molecule has 194 valence electrons. The van der Waals surface area contributed by atoms with Crippen LogP contribution in [0.2, 0.25) is 20.1 Å². The molecule has 4 aromatic rings. The third kappa shape index (κ3) is 8.34. The van der Waals surface area contributed by atoms with Crippen LogP contribution in [-0.2, 0) is 29.2 Å². The molecule has 11 heteroatoms. The van der Waals surface area contributed by atoms with Gasteiger partial charge in [0.15, 0.2) is 6.54 Å². The van der Waals surface area contributed by atoms with Crippen LogP contribution in [0.3, 0.4) is 0 Å². The van der Waals surface area contributed by atoms with Gasteiger partial charge in [-0.25, -0.2) is 13.5 Å². The third-order valence-electron chi connectivity index (χ3n) is 5.34. The van der Waals surface area contributed by atoms with Crippen LogP contribution in [0, 0.1) is 5.82 Å². The second-order valence-electron chi connectivity index (χ2n) is 8.04. The number of carbonyl (C=O) groups excluding carboxylic acids is 1. The van der Waals surface area contributed by atoms with E-state index in [1.54, 1.807) is 41.4 Å². The number of rotatable bonds is 9. The van der Waals surface area contributed by atoms with Gasteiger partial charge in [0.05, 0.1) is 6.61 Å². The van der Waals surface area contributed by atoms with Crippen LogP contribution in [0.25, 0.3) is 0 Å². The number of benzene rings is 3. The van der Waals surface area contributed by atoms with Crippen LogP contribution in [0.5, 0.6) is 0 Å². The molecule has 1 atom stereocenters. The SMILES string of the molecule is O=C(C[n+]1ccn(CC(OCc2ccc(Cl)cc2Cl)c2ccc(Cl)cc2Cl)c1)Nc1ccc(F)cc1.[Cl-]. The molecule has 4 rings (SSSR count). The van der Waals surface area contributed by atoms with E-state index in [4.69, 9.17) is 51.1 Å². The van der Waals surface area contributed by atoms with Crippen LogP contribution >= 0.6 is 46.4 Å². The molecule has 0 aliphatic heterocycles. The Hall–Kier alpha value is -2.32. The van der Waals surface area contributed by atoms with E-state index in [0.29, 0.717) is 32.3 Å². The van der Waals surface area contributed by atoms with Gasteiger partial charge in [0.25, 0.3) is 5.91 Å². The van der Waals surface area contributed by atoms with Gasteiger partial charge >= 0.3 is 0 Å². The molecule has 0 bridgehead atoms. The van der Waals surface area contributed by atoms with E-state index >= 15 is 0 Å². The first kappa shape index (κ1) is 29.2. The molecule has 0 saturated heterocycles. The van der Waals surface area contributed by atoms with Crippen molar-refractivity contribution in [1.82, 2.24) is 4.57 Å². The second-order valence-corrected chi connectivity index (χ2v) is 9.73. The minimum Gasteiger partial charge on any atom is -1.00 e. The maximum atomic E-state index is 13.1. The summed E-state index contributed by atoms with van der Waals surface area (Å²) in [7, 11) is 0. The third-order valence-corrected chi connectivity index (χ3v) is 6.49. The Kier molecular flexibility index (Phi) is 10.6. The average Bonchev–Trinajstić information content (AvgIpc) is 3.26. The zero-order valence-corrected chi connectivity index (χ0v) is 23.0. The highest BCUT2D eigenvalue weighted by atomic mass is 35.5. The summed E-state index contributed by atoms with van der Waals surface area (Å²) in [6.07, 6.45) is 4.97. The second kappa shape index (κ2) is 13.5. The molecule has 0 spiro atoms. The minimum absolute atomic E-state index is 0. The van der Waals surface area contributed by atoms with Crippen molar-refractivity contribution in [3.63, 3.8) is 0 Å². The van der Waals surface area contributed by atoms with Gasteiger partial charge in [0, 0.05) is 31.3 Å². The summed E-state index contributed by atoms with van der Waals surface area (Å²) >= 11 is 24.9. The van der Waals surface area contributed by atoms with Crippen molar-refractivity contribution in [2.75, 3.05) is 5.32 Å². The predicted molar refractivity (Wildman–Crippen MR) is 140 cm³/mol. The standard InChI is InChI=1S/C26H20Cl4FN3O2.ClH/c27-18-2-1-17(23(29)11-18)15-36-25(22-8-3-19(28)12-24(22)30)13-33-9-10-34(16-33)14-26(35)32-21-6-4-20(31)5-7-21;/h1-12,16,25H,13-15H2;1H. The smallest absolute Gasteiger partial charge is 0.266 e. The first-order valence-corrected chi connectivity index (χ1v) is 12.4. The van der Waals surface area contributed by atoms with Crippen LogP contribution < -0.4 is 22.3 Å². The summed E-state index contributed by atoms with van der Waals surface area (Å²) in [5.74, 6) is -0.606. The summed E-state index contributed by atoms with van der Waals surface area (Å²) in [4.78, 5) is 12.4. The molecule has 0 aliphatic carbocycles. The van der Waals surface area contributed by atoms with E-state index in [2.05, 4.69) is 5.32 Å². The van der Waals surface area contributed by atoms with Gasteiger partial charge in [0.1, 0.15) is 30.9 Å². The Morgan fingerprint density at radius 1 is 0.973 bits per heavy atom. The number of carbonyl (C=O) groups is 1. The molecular formula is C26H21Cl5FN3O2. The van der Waals surface area contributed by atoms with E-state index in [0.717, 1.165) is 11.1 Å². The first-order chi connectivity index (χ1) is 17.3. The van der Waals surface area contributed by atoms with Gasteiger partial charge < -0.3 is 22.5 Å². The largest absolute Gasteiger partial charge is 1.00 e. The van der Waals surface area contributed by atoms with Crippen molar-refractivity contribution in [3.05, 3.63) is 116 Å². The summed E-state index contributed by atoms with van der Waals surface area (Å²) in [6, 6.07) is 16.1. The van der Waals surface area contributed by atoms with E-state index in [-0.39, 0.29) is 37.3 Å². The number of nitrogens with zero attached hydrogens (tertiary/aromatic N) is 2. The highest BCUT2D eigenvalue weighted by Gasteiger charge is 2.21. The van der Waals surface area contributed by atoms with E-state index in [1.807, 2.05) is 22.9 Å². The molecule has 0 aliphatic rings. The van der Waals surface area contributed by atoms with Gasteiger partial charge in [-0.15, -0.1) is 0 Å². The zero-order chi connectivity index (χ0) is 25.7. The molecule has 1 amide bonds. The molecule has 1 N–H and O–H groups in total. The van der Waals surface area contributed by atoms with E-state index < -0.39 is 6.10 Å². The Balaban J connectivity index is 0.00000380. The minimum atomic E-state index is -0.435. The monoisotopic (exact) mass is 601 g/mol. The molecule has 0 fully saturated rings. The molecule has 5 nitrogen and oxygen atoms in total. The van der Waals surface area contributed by atoms with Gasteiger partial charge in [-0.1, -0.05) is 58.5 Å². The van der Waals surface area contributed by atoms with Crippen molar-refractivity contribution in [2.24, 2.45) is 0 Å². The van der Waals surface area contributed by atoms with Crippen molar-refractivity contribution in [3.8, 4) is 0 Å². The van der Waals surface area contributed by atoms with Gasteiger partial charge in [-0.05, 0) is 54.1 Å². The number of nitrogens with one attached hydrogen (secondary N) is 1. The average molecular weight is 604 g/mol. The fourth-order valence-electron chi connectivity index (χ4n) is 3.56. The number of hydrogen-bond acceptors (Lipinski definition) is 2.